The number of para-hydroxylation sites is 1. The maximum Gasteiger partial charge on any atom is 0.228 e. The van der Waals surface area contributed by atoms with Gasteiger partial charge >= 0.3 is 0 Å². The van der Waals surface area contributed by atoms with Crippen LogP contribution in [0.1, 0.15) is 31.7 Å². The van der Waals surface area contributed by atoms with E-state index >= 15 is 0 Å². The molecule has 0 unspecified atom stereocenters. The molecule has 0 bridgehead atoms. The summed E-state index contributed by atoms with van der Waals surface area (Å²) in [6.45, 7) is 2.89. The summed E-state index contributed by atoms with van der Waals surface area (Å²) in [5, 5.41) is 1.16. The third-order valence-electron chi connectivity index (χ3n) is 3.69. The number of pyridine rings is 1. The van der Waals surface area contributed by atoms with Gasteiger partial charge in [0.15, 0.2) is 0 Å². The molecule has 2 heterocycles. The predicted octanol–water partition coefficient (Wildman–Crippen LogP) is 3.31. The minimum Gasteiger partial charge on any atom is -0.296 e. The molecular weight excluding hydrogens is 236 g/mol. The summed E-state index contributed by atoms with van der Waals surface area (Å²) >= 11 is 0. The molecule has 1 aromatic carbocycles. The van der Waals surface area contributed by atoms with Crippen LogP contribution < -0.4 is 4.90 Å². The molecule has 0 saturated carbocycles. The number of fused-ring (bicyclic) bond motifs is 2. The molecule has 3 rings (SSSR count). The molecule has 0 spiro atoms. The van der Waals surface area contributed by atoms with Gasteiger partial charge in [0.2, 0.25) is 5.91 Å². The lowest BCUT2D eigenvalue weighted by Crippen LogP contribution is -2.29. The van der Waals surface area contributed by atoms with Gasteiger partial charge in [-0.25, -0.2) is 4.98 Å². The molecule has 2 aromatic rings. The summed E-state index contributed by atoms with van der Waals surface area (Å²) in [6.07, 6.45) is 3.56. The molecule has 1 aromatic heterocycles. The normalized spacial score (nSPS) is 13.8. The highest BCUT2D eigenvalue weighted by Gasteiger charge is 2.25. The number of anilines is 1. The Hall–Kier alpha value is -1.90. The SMILES string of the molecule is CCCCC(=O)N1CCc2cc3ccccc3nc21. The van der Waals surface area contributed by atoms with Gasteiger partial charge in [0.05, 0.1) is 5.52 Å². The van der Waals surface area contributed by atoms with E-state index in [9.17, 15) is 4.79 Å². The quantitative estimate of drug-likeness (QED) is 0.842. The van der Waals surface area contributed by atoms with Crippen LogP contribution in [0, 0.1) is 0 Å². The minimum atomic E-state index is 0.211. The van der Waals surface area contributed by atoms with Crippen molar-refractivity contribution in [3.63, 3.8) is 0 Å². The molecule has 0 fully saturated rings. The standard InChI is InChI=1S/C16H18N2O/c1-2-3-8-15(19)18-10-9-13-11-12-6-4-5-7-14(12)17-16(13)18/h4-7,11H,2-3,8-10H2,1H3. The van der Waals surface area contributed by atoms with Crippen LogP contribution in [0.25, 0.3) is 10.9 Å². The molecule has 0 aliphatic carbocycles. The van der Waals surface area contributed by atoms with Crippen LogP contribution in [0.5, 0.6) is 0 Å². The molecule has 0 saturated heterocycles. The van der Waals surface area contributed by atoms with Crippen LogP contribution in [0.2, 0.25) is 0 Å². The fourth-order valence-electron chi connectivity index (χ4n) is 2.61. The van der Waals surface area contributed by atoms with E-state index in [0.717, 1.165) is 42.5 Å². The average molecular weight is 254 g/mol. The van der Waals surface area contributed by atoms with Crippen molar-refractivity contribution in [3.05, 3.63) is 35.9 Å². The monoisotopic (exact) mass is 254 g/mol. The van der Waals surface area contributed by atoms with Crippen molar-refractivity contribution in [2.75, 3.05) is 11.4 Å². The Kier molecular flexibility index (Phi) is 3.20. The van der Waals surface area contributed by atoms with E-state index in [1.807, 2.05) is 23.1 Å². The maximum atomic E-state index is 12.2. The van der Waals surface area contributed by atoms with Crippen molar-refractivity contribution >= 4 is 22.6 Å². The van der Waals surface area contributed by atoms with Gasteiger partial charge in [-0.15, -0.1) is 0 Å². The third-order valence-corrected chi connectivity index (χ3v) is 3.69. The van der Waals surface area contributed by atoms with E-state index < -0.39 is 0 Å². The Morgan fingerprint density at radius 3 is 3.05 bits per heavy atom. The third kappa shape index (κ3) is 2.21. The molecule has 1 amide bonds. The molecule has 19 heavy (non-hydrogen) atoms. The zero-order chi connectivity index (χ0) is 13.2. The Labute approximate surface area is 113 Å². The molecule has 0 radical (unpaired) electrons. The Bertz CT molecular complexity index is 621. The first-order valence-electron chi connectivity index (χ1n) is 6.98. The molecule has 3 heteroatoms. The summed E-state index contributed by atoms with van der Waals surface area (Å²) in [4.78, 5) is 18.7. The van der Waals surface area contributed by atoms with E-state index in [-0.39, 0.29) is 5.91 Å². The maximum absolute atomic E-state index is 12.2. The zero-order valence-corrected chi connectivity index (χ0v) is 11.2. The molecule has 3 nitrogen and oxygen atoms in total. The highest BCUT2D eigenvalue weighted by molar-refractivity contribution is 5.96. The van der Waals surface area contributed by atoms with Crippen LogP contribution in [-0.2, 0) is 11.2 Å². The van der Waals surface area contributed by atoms with Crippen molar-refractivity contribution in [2.24, 2.45) is 0 Å². The smallest absolute Gasteiger partial charge is 0.228 e. The van der Waals surface area contributed by atoms with E-state index in [2.05, 4.69) is 24.0 Å². The number of aromatic nitrogens is 1. The van der Waals surface area contributed by atoms with Gasteiger partial charge in [0.1, 0.15) is 5.82 Å². The van der Waals surface area contributed by atoms with Gasteiger partial charge in [0.25, 0.3) is 0 Å². The first kappa shape index (κ1) is 12.2. The molecule has 1 aliphatic rings. The molecular formula is C16H18N2O. The predicted molar refractivity (Wildman–Crippen MR) is 77.3 cm³/mol. The van der Waals surface area contributed by atoms with Crippen molar-refractivity contribution < 1.29 is 4.79 Å². The summed E-state index contributed by atoms with van der Waals surface area (Å²) in [7, 11) is 0. The van der Waals surface area contributed by atoms with Crippen molar-refractivity contribution in [1.82, 2.24) is 4.98 Å². The first-order chi connectivity index (χ1) is 9.29. The summed E-state index contributed by atoms with van der Waals surface area (Å²) in [5.41, 5.74) is 2.17. The van der Waals surface area contributed by atoms with Crippen LogP contribution in [0.3, 0.4) is 0 Å². The topological polar surface area (TPSA) is 33.2 Å². The molecule has 0 atom stereocenters. The van der Waals surface area contributed by atoms with Crippen LogP contribution in [0.15, 0.2) is 30.3 Å². The highest BCUT2D eigenvalue weighted by atomic mass is 16.2. The van der Waals surface area contributed by atoms with Gasteiger partial charge in [-0.3, -0.25) is 9.69 Å². The number of unbranched alkanes of at least 4 members (excludes halogenated alkanes) is 1. The number of nitrogens with zero attached hydrogens (tertiary/aromatic N) is 2. The fraction of sp³-hybridized carbons (Fsp3) is 0.375. The second-order valence-corrected chi connectivity index (χ2v) is 5.06. The summed E-state index contributed by atoms with van der Waals surface area (Å²) < 4.78 is 0. The van der Waals surface area contributed by atoms with Gasteiger partial charge in [-0.2, -0.15) is 0 Å². The number of hydrogen-bond acceptors (Lipinski definition) is 2. The number of hydrogen-bond donors (Lipinski definition) is 0. The first-order valence-corrected chi connectivity index (χ1v) is 6.98. The summed E-state index contributed by atoms with van der Waals surface area (Å²) in [5.74, 6) is 1.09. The lowest BCUT2D eigenvalue weighted by molar-refractivity contribution is -0.118. The van der Waals surface area contributed by atoms with E-state index in [0.29, 0.717) is 6.42 Å². The van der Waals surface area contributed by atoms with Crippen LogP contribution in [-0.4, -0.2) is 17.4 Å². The van der Waals surface area contributed by atoms with Crippen molar-refractivity contribution in [2.45, 2.75) is 32.6 Å². The number of carbonyl (C=O) groups excluding carboxylic acids is 1. The van der Waals surface area contributed by atoms with E-state index in [1.54, 1.807) is 0 Å². The number of benzene rings is 1. The Morgan fingerprint density at radius 2 is 2.21 bits per heavy atom. The highest BCUT2D eigenvalue weighted by Crippen LogP contribution is 2.29. The largest absolute Gasteiger partial charge is 0.296 e. The lowest BCUT2D eigenvalue weighted by atomic mass is 10.1. The molecule has 0 N–H and O–H groups in total. The molecule has 98 valence electrons. The number of carbonyl (C=O) groups is 1. The van der Waals surface area contributed by atoms with Crippen molar-refractivity contribution in [1.29, 1.82) is 0 Å². The van der Waals surface area contributed by atoms with Crippen molar-refractivity contribution in [3.8, 4) is 0 Å². The number of amides is 1. The second-order valence-electron chi connectivity index (χ2n) is 5.06. The van der Waals surface area contributed by atoms with E-state index in [1.165, 1.54) is 5.56 Å². The lowest BCUT2D eigenvalue weighted by Gasteiger charge is -2.16. The molecule has 1 aliphatic heterocycles. The van der Waals surface area contributed by atoms with Gasteiger partial charge in [-0.1, -0.05) is 31.5 Å². The fourth-order valence-corrected chi connectivity index (χ4v) is 2.61. The average Bonchev–Trinajstić information content (AvgIpc) is 2.85. The number of rotatable bonds is 3. The minimum absolute atomic E-state index is 0.211. The Morgan fingerprint density at radius 1 is 1.37 bits per heavy atom. The van der Waals surface area contributed by atoms with Gasteiger partial charge in [0, 0.05) is 18.4 Å². The van der Waals surface area contributed by atoms with Crippen LogP contribution in [0.4, 0.5) is 5.82 Å². The van der Waals surface area contributed by atoms with E-state index in [4.69, 9.17) is 0 Å². The Balaban J connectivity index is 1.95. The van der Waals surface area contributed by atoms with Gasteiger partial charge < -0.3 is 0 Å². The summed E-state index contributed by atoms with van der Waals surface area (Å²) in [6, 6.07) is 10.3. The van der Waals surface area contributed by atoms with Crippen LogP contribution >= 0.6 is 0 Å². The zero-order valence-electron chi connectivity index (χ0n) is 11.2. The second kappa shape index (κ2) is 5.00. The van der Waals surface area contributed by atoms with Gasteiger partial charge in [-0.05, 0) is 30.5 Å².